The maximum atomic E-state index is 12.3. The summed E-state index contributed by atoms with van der Waals surface area (Å²) < 4.78 is 5.57. The second-order valence-corrected chi connectivity index (χ2v) is 6.07. The Hall–Kier alpha value is -1.03. The highest BCUT2D eigenvalue weighted by molar-refractivity contribution is 9.09. The molecular formula is C16H22BrNO2. The van der Waals surface area contributed by atoms with Crippen LogP contribution < -0.4 is 10.1 Å². The fourth-order valence-electron chi connectivity index (χ4n) is 2.66. The number of fused-ring (bicyclic) bond motifs is 1. The minimum absolute atomic E-state index is 0.0885. The van der Waals surface area contributed by atoms with Crippen LogP contribution in [0.3, 0.4) is 0 Å². The molecule has 0 fully saturated rings. The molecule has 3 nitrogen and oxygen atoms in total. The molecule has 110 valence electrons. The molecule has 0 saturated heterocycles. The van der Waals surface area contributed by atoms with Gasteiger partial charge in [0.2, 0.25) is 5.91 Å². The highest BCUT2D eigenvalue weighted by Gasteiger charge is 2.29. The molecule has 1 aromatic rings. The quantitative estimate of drug-likeness (QED) is 0.772. The Morgan fingerprint density at radius 1 is 1.45 bits per heavy atom. The van der Waals surface area contributed by atoms with E-state index in [1.807, 2.05) is 24.3 Å². The van der Waals surface area contributed by atoms with Crippen LogP contribution in [0.5, 0.6) is 5.75 Å². The first-order chi connectivity index (χ1) is 9.76. The number of halogens is 1. The van der Waals surface area contributed by atoms with E-state index in [0.717, 1.165) is 42.5 Å². The summed E-state index contributed by atoms with van der Waals surface area (Å²) in [7, 11) is 0. The molecule has 0 saturated carbocycles. The Morgan fingerprint density at radius 2 is 2.25 bits per heavy atom. The monoisotopic (exact) mass is 339 g/mol. The lowest BCUT2D eigenvalue weighted by atomic mass is 9.98. The van der Waals surface area contributed by atoms with Crippen LogP contribution in [0.25, 0.3) is 0 Å². The maximum absolute atomic E-state index is 12.3. The molecule has 1 amide bonds. The summed E-state index contributed by atoms with van der Waals surface area (Å²) in [5, 5.41) is 4.08. The highest BCUT2D eigenvalue weighted by Crippen LogP contribution is 2.33. The van der Waals surface area contributed by atoms with E-state index in [1.54, 1.807) is 0 Å². The van der Waals surface area contributed by atoms with Crippen molar-refractivity contribution >= 4 is 21.8 Å². The van der Waals surface area contributed by atoms with Crippen LogP contribution in [0.1, 0.15) is 37.7 Å². The van der Waals surface area contributed by atoms with Gasteiger partial charge < -0.3 is 10.1 Å². The Kier molecular flexibility index (Phi) is 5.89. The third kappa shape index (κ3) is 3.75. The molecule has 0 aromatic heterocycles. The summed E-state index contributed by atoms with van der Waals surface area (Å²) in [6.07, 6.45) is 3.42. The van der Waals surface area contributed by atoms with Crippen LogP contribution in [-0.2, 0) is 4.79 Å². The van der Waals surface area contributed by atoms with Gasteiger partial charge in [0.15, 0.2) is 0 Å². The van der Waals surface area contributed by atoms with Crippen molar-refractivity contribution in [3.8, 4) is 5.75 Å². The Labute approximate surface area is 129 Å². The van der Waals surface area contributed by atoms with Crippen LogP contribution in [0.2, 0.25) is 0 Å². The van der Waals surface area contributed by atoms with E-state index < -0.39 is 0 Å². The third-order valence-electron chi connectivity index (χ3n) is 3.80. The normalized spacial score (nSPS) is 18.2. The van der Waals surface area contributed by atoms with E-state index in [1.165, 1.54) is 0 Å². The fourth-order valence-corrected chi connectivity index (χ4v) is 3.31. The SMILES string of the molecule is CCCC(CCBr)CNC(=O)C1COc2ccccc21. The lowest BCUT2D eigenvalue weighted by Gasteiger charge is -2.17. The molecule has 1 aromatic carbocycles. The van der Waals surface area contributed by atoms with Crippen molar-refractivity contribution in [2.75, 3.05) is 18.5 Å². The van der Waals surface area contributed by atoms with E-state index in [0.29, 0.717) is 12.5 Å². The first kappa shape index (κ1) is 15.4. The molecule has 0 radical (unpaired) electrons. The number of benzene rings is 1. The summed E-state index contributed by atoms with van der Waals surface area (Å²) in [5.74, 6) is 1.34. The number of rotatable bonds is 7. The summed E-state index contributed by atoms with van der Waals surface area (Å²) in [5.41, 5.74) is 1.01. The van der Waals surface area contributed by atoms with Gasteiger partial charge in [-0.1, -0.05) is 47.5 Å². The topological polar surface area (TPSA) is 38.3 Å². The minimum atomic E-state index is -0.155. The van der Waals surface area contributed by atoms with Crippen molar-refractivity contribution in [3.63, 3.8) is 0 Å². The van der Waals surface area contributed by atoms with Crippen LogP contribution in [0.15, 0.2) is 24.3 Å². The van der Waals surface area contributed by atoms with Crippen molar-refractivity contribution in [1.82, 2.24) is 5.32 Å². The van der Waals surface area contributed by atoms with Crippen molar-refractivity contribution in [3.05, 3.63) is 29.8 Å². The average Bonchev–Trinajstić information content (AvgIpc) is 2.89. The zero-order valence-electron chi connectivity index (χ0n) is 11.9. The fraction of sp³-hybridized carbons (Fsp3) is 0.562. The third-order valence-corrected chi connectivity index (χ3v) is 4.25. The van der Waals surface area contributed by atoms with Gasteiger partial charge in [0.25, 0.3) is 0 Å². The molecule has 4 heteroatoms. The number of alkyl halides is 1. The van der Waals surface area contributed by atoms with Crippen molar-refractivity contribution in [1.29, 1.82) is 0 Å². The van der Waals surface area contributed by atoms with Gasteiger partial charge in [-0.3, -0.25) is 4.79 Å². The number of para-hydroxylation sites is 1. The predicted octanol–water partition coefficient (Wildman–Crippen LogP) is 3.48. The van der Waals surface area contributed by atoms with Gasteiger partial charge >= 0.3 is 0 Å². The maximum Gasteiger partial charge on any atom is 0.231 e. The summed E-state index contributed by atoms with van der Waals surface area (Å²) in [6, 6.07) is 7.80. The number of hydrogen-bond donors (Lipinski definition) is 1. The van der Waals surface area contributed by atoms with Crippen molar-refractivity contribution in [2.24, 2.45) is 5.92 Å². The molecule has 2 atom stereocenters. The van der Waals surface area contributed by atoms with Crippen LogP contribution in [0, 0.1) is 5.92 Å². The van der Waals surface area contributed by atoms with Gasteiger partial charge in [0.1, 0.15) is 18.3 Å². The van der Waals surface area contributed by atoms with E-state index in [2.05, 4.69) is 28.2 Å². The molecule has 0 aliphatic carbocycles. The average molecular weight is 340 g/mol. The van der Waals surface area contributed by atoms with E-state index in [-0.39, 0.29) is 11.8 Å². The molecule has 2 unspecified atom stereocenters. The van der Waals surface area contributed by atoms with E-state index in [4.69, 9.17) is 4.74 Å². The summed E-state index contributed by atoms with van der Waals surface area (Å²) >= 11 is 3.48. The molecule has 20 heavy (non-hydrogen) atoms. The standard InChI is InChI=1S/C16H22BrNO2/c1-2-5-12(8-9-17)10-18-16(19)14-11-20-15-7-4-3-6-13(14)15/h3-4,6-7,12,14H,2,5,8-11H2,1H3,(H,18,19). The molecule has 1 heterocycles. The Morgan fingerprint density at radius 3 is 3.00 bits per heavy atom. The predicted molar refractivity (Wildman–Crippen MR) is 84.5 cm³/mol. The molecule has 1 N–H and O–H groups in total. The van der Waals surface area contributed by atoms with E-state index >= 15 is 0 Å². The molecule has 0 bridgehead atoms. The Bertz CT molecular complexity index is 444. The smallest absolute Gasteiger partial charge is 0.231 e. The van der Waals surface area contributed by atoms with Crippen molar-refractivity contribution < 1.29 is 9.53 Å². The van der Waals surface area contributed by atoms with Gasteiger partial charge in [0.05, 0.1) is 0 Å². The van der Waals surface area contributed by atoms with Gasteiger partial charge in [-0.2, -0.15) is 0 Å². The molecule has 1 aliphatic rings. The number of ether oxygens (including phenoxy) is 1. The molecular weight excluding hydrogens is 318 g/mol. The number of carbonyl (C=O) groups excluding carboxylic acids is 1. The largest absolute Gasteiger partial charge is 0.492 e. The minimum Gasteiger partial charge on any atom is -0.492 e. The first-order valence-corrected chi connectivity index (χ1v) is 8.43. The van der Waals surface area contributed by atoms with Gasteiger partial charge in [0, 0.05) is 17.4 Å². The Balaban J connectivity index is 1.89. The van der Waals surface area contributed by atoms with Crippen molar-refractivity contribution in [2.45, 2.75) is 32.1 Å². The molecule has 2 rings (SSSR count). The number of carbonyl (C=O) groups is 1. The summed E-state index contributed by atoms with van der Waals surface area (Å²) in [4.78, 5) is 12.3. The van der Waals surface area contributed by atoms with Crippen LogP contribution >= 0.6 is 15.9 Å². The van der Waals surface area contributed by atoms with Gasteiger partial charge in [-0.05, 0) is 24.8 Å². The molecule has 1 aliphatic heterocycles. The first-order valence-electron chi connectivity index (χ1n) is 7.31. The lowest BCUT2D eigenvalue weighted by Crippen LogP contribution is -2.34. The van der Waals surface area contributed by atoms with Gasteiger partial charge in [-0.25, -0.2) is 0 Å². The molecule has 0 spiro atoms. The number of nitrogens with one attached hydrogen (secondary N) is 1. The zero-order chi connectivity index (χ0) is 14.4. The second kappa shape index (κ2) is 7.67. The number of hydrogen-bond acceptors (Lipinski definition) is 2. The highest BCUT2D eigenvalue weighted by atomic mass is 79.9. The van der Waals surface area contributed by atoms with Crippen LogP contribution in [0.4, 0.5) is 0 Å². The van der Waals surface area contributed by atoms with Crippen LogP contribution in [-0.4, -0.2) is 24.4 Å². The zero-order valence-corrected chi connectivity index (χ0v) is 13.5. The summed E-state index contributed by atoms with van der Waals surface area (Å²) in [6.45, 7) is 3.41. The number of amides is 1. The van der Waals surface area contributed by atoms with Gasteiger partial charge in [-0.15, -0.1) is 0 Å². The second-order valence-electron chi connectivity index (χ2n) is 5.28. The van der Waals surface area contributed by atoms with E-state index in [9.17, 15) is 4.79 Å². The lowest BCUT2D eigenvalue weighted by molar-refractivity contribution is -0.122.